The highest BCUT2D eigenvalue weighted by molar-refractivity contribution is 6.30. The second-order valence-corrected chi connectivity index (χ2v) is 10.6. The smallest absolute Gasteiger partial charge is 0.167 e. The molecule has 4 heteroatoms. The molecule has 0 spiro atoms. The van der Waals surface area contributed by atoms with Crippen LogP contribution >= 0.6 is 11.6 Å². The Morgan fingerprint density at radius 2 is 1.80 bits per heavy atom. The van der Waals surface area contributed by atoms with E-state index >= 15 is 0 Å². The van der Waals surface area contributed by atoms with E-state index in [2.05, 4.69) is 44.7 Å². The number of carbonyl (C=O) groups is 1. The van der Waals surface area contributed by atoms with Crippen molar-refractivity contribution in [2.45, 2.75) is 77.6 Å². The molecule has 0 saturated carbocycles. The van der Waals surface area contributed by atoms with Crippen LogP contribution in [-0.2, 0) is 13.0 Å². The Bertz CT molecular complexity index is 1020. The molecule has 5 rings (SSSR count). The molecule has 1 saturated heterocycles. The summed E-state index contributed by atoms with van der Waals surface area (Å²) in [7, 11) is 0. The van der Waals surface area contributed by atoms with E-state index in [9.17, 15) is 4.79 Å². The highest BCUT2D eigenvalue weighted by Crippen LogP contribution is 2.44. The van der Waals surface area contributed by atoms with Crippen LogP contribution in [0.4, 0.5) is 0 Å². The first-order chi connectivity index (χ1) is 14.2. The van der Waals surface area contributed by atoms with Gasteiger partial charge >= 0.3 is 0 Å². The van der Waals surface area contributed by atoms with Gasteiger partial charge in [0.05, 0.1) is 0 Å². The van der Waals surface area contributed by atoms with Crippen LogP contribution in [0.2, 0.25) is 5.02 Å². The molecule has 0 radical (unpaired) electrons. The van der Waals surface area contributed by atoms with Crippen LogP contribution in [0.3, 0.4) is 0 Å². The Morgan fingerprint density at radius 3 is 2.57 bits per heavy atom. The van der Waals surface area contributed by atoms with Gasteiger partial charge in [0.1, 0.15) is 12.4 Å². The molecule has 30 heavy (non-hydrogen) atoms. The summed E-state index contributed by atoms with van der Waals surface area (Å²) >= 11 is 6.17. The minimum absolute atomic E-state index is 0.0745. The maximum Gasteiger partial charge on any atom is 0.167 e. The van der Waals surface area contributed by atoms with Gasteiger partial charge in [-0.05, 0) is 94.3 Å². The SMILES string of the molecule is C[C@H]1CC[C@@H](C2CCc3cc4c(cc3C2=O)OCc2cc(Cl)ccc2-4)N1C(C)(C)C. The van der Waals surface area contributed by atoms with Crippen molar-refractivity contribution in [3.8, 4) is 16.9 Å². The topological polar surface area (TPSA) is 29.5 Å². The number of likely N-dealkylation sites (tertiary alicyclic amines) is 1. The van der Waals surface area contributed by atoms with Crippen LogP contribution in [0.5, 0.6) is 5.75 Å². The molecule has 1 fully saturated rings. The third-order valence-corrected chi connectivity index (χ3v) is 7.46. The second-order valence-electron chi connectivity index (χ2n) is 10.2. The maximum atomic E-state index is 13.7. The van der Waals surface area contributed by atoms with Crippen molar-refractivity contribution >= 4 is 17.4 Å². The lowest BCUT2D eigenvalue weighted by Crippen LogP contribution is -2.52. The van der Waals surface area contributed by atoms with Gasteiger partial charge < -0.3 is 4.74 Å². The molecule has 3 atom stereocenters. The number of halogens is 1. The van der Waals surface area contributed by atoms with Crippen molar-refractivity contribution < 1.29 is 9.53 Å². The summed E-state index contributed by atoms with van der Waals surface area (Å²) in [5, 5.41) is 0.728. The number of hydrogen-bond acceptors (Lipinski definition) is 3. The molecular formula is C26H30ClNO2. The van der Waals surface area contributed by atoms with E-state index in [0.29, 0.717) is 24.5 Å². The number of nitrogens with zero attached hydrogens (tertiary/aromatic N) is 1. The number of fused-ring (bicyclic) bond motifs is 4. The largest absolute Gasteiger partial charge is 0.488 e. The molecular weight excluding hydrogens is 394 g/mol. The fourth-order valence-corrected chi connectivity index (χ4v) is 6.27. The van der Waals surface area contributed by atoms with Crippen LogP contribution in [0.1, 0.15) is 68.4 Å². The van der Waals surface area contributed by atoms with Crippen LogP contribution in [0, 0.1) is 5.92 Å². The van der Waals surface area contributed by atoms with Crippen LogP contribution in [0.15, 0.2) is 30.3 Å². The summed E-state index contributed by atoms with van der Waals surface area (Å²) in [6.07, 6.45) is 4.17. The van der Waals surface area contributed by atoms with E-state index in [0.717, 1.165) is 52.3 Å². The second kappa shape index (κ2) is 7.10. The Morgan fingerprint density at radius 1 is 1.00 bits per heavy atom. The quantitative estimate of drug-likeness (QED) is 0.539. The van der Waals surface area contributed by atoms with Gasteiger partial charge in [-0.3, -0.25) is 9.69 Å². The first kappa shape index (κ1) is 20.1. The van der Waals surface area contributed by atoms with Gasteiger partial charge in [0.15, 0.2) is 5.78 Å². The van der Waals surface area contributed by atoms with E-state index in [4.69, 9.17) is 16.3 Å². The van der Waals surface area contributed by atoms with Gasteiger partial charge in [0.25, 0.3) is 0 Å². The van der Waals surface area contributed by atoms with Crippen molar-refractivity contribution in [1.29, 1.82) is 0 Å². The third kappa shape index (κ3) is 3.18. The van der Waals surface area contributed by atoms with E-state index in [-0.39, 0.29) is 11.5 Å². The van der Waals surface area contributed by atoms with E-state index in [1.54, 1.807) is 0 Å². The molecule has 2 aromatic rings. The molecule has 0 N–H and O–H groups in total. The van der Waals surface area contributed by atoms with Crippen molar-refractivity contribution in [1.82, 2.24) is 4.90 Å². The van der Waals surface area contributed by atoms with Gasteiger partial charge in [-0.25, -0.2) is 0 Å². The Kier molecular flexibility index (Phi) is 4.75. The van der Waals surface area contributed by atoms with E-state index in [1.807, 2.05) is 18.2 Å². The Hall–Kier alpha value is -1.84. The summed E-state index contributed by atoms with van der Waals surface area (Å²) < 4.78 is 6.05. The standard InChI is InChI=1S/C26H30ClNO2/c1-15-5-10-23(28(15)26(2,3)4)20-8-6-16-12-22-19-9-7-18(27)11-17(19)14-30-24(22)13-21(16)25(20)29/h7,9,11-13,15,20,23H,5-6,8,10,14H2,1-4H3/t15-,20?,23-/m0/s1. The minimum Gasteiger partial charge on any atom is -0.488 e. The average Bonchev–Trinajstić information content (AvgIpc) is 3.08. The van der Waals surface area contributed by atoms with E-state index < -0.39 is 0 Å². The fourth-order valence-electron chi connectivity index (χ4n) is 6.07. The summed E-state index contributed by atoms with van der Waals surface area (Å²) in [4.78, 5) is 16.3. The lowest BCUT2D eigenvalue weighted by atomic mass is 9.76. The van der Waals surface area contributed by atoms with Gasteiger partial charge in [0.2, 0.25) is 0 Å². The molecule has 158 valence electrons. The molecule has 2 aliphatic heterocycles. The molecule has 0 aromatic heterocycles. The van der Waals surface area contributed by atoms with Crippen molar-refractivity contribution in [3.05, 3.63) is 52.0 Å². The van der Waals surface area contributed by atoms with Crippen molar-refractivity contribution in [2.75, 3.05) is 0 Å². The molecule has 0 amide bonds. The first-order valence-corrected chi connectivity index (χ1v) is 11.5. The van der Waals surface area contributed by atoms with Crippen molar-refractivity contribution in [2.24, 2.45) is 5.92 Å². The van der Waals surface area contributed by atoms with Crippen LogP contribution < -0.4 is 4.74 Å². The molecule has 3 aliphatic rings. The third-order valence-electron chi connectivity index (χ3n) is 7.22. The van der Waals surface area contributed by atoms with Gasteiger partial charge in [-0.15, -0.1) is 0 Å². The Labute approximate surface area is 184 Å². The maximum absolute atomic E-state index is 13.7. The monoisotopic (exact) mass is 423 g/mol. The highest BCUT2D eigenvalue weighted by Gasteiger charge is 2.45. The minimum atomic E-state index is 0.0745. The molecule has 2 aromatic carbocycles. The molecule has 3 nitrogen and oxygen atoms in total. The Balaban J connectivity index is 1.50. The number of rotatable bonds is 1. The number of ether oxygens (including phenoxy) is 1. The number of ketones is 1. The zero-order valence-corrected chi connectivity index (χ0v) is 19.1. The lowest BCUT2D eigenvalue weighted by Gasteiger charge is -2.43. The van der Waals surface area contributed by atoms with Gasteiger partial charge in [0, 0.05) is 39.7 Å². The predicted molar refractivity (Wildman–Crippen MR) is 121 cm³/mol. The number of hydrogen-bond donors (Lipinski definition) is 0. The highest BCUT2D eigenvalue weighted by atomic mass is 35.5. The normalized spacial score (nSPS) is 26.0. The lowest BCUT2D eigenvalue weighted by molar-refractivity contribution is 0.0447. The molecule has 1 unspecified atom stereocenters. The number of benzene rings is 2. The zero-order chi connectivity index (χ0) is 21.2. The molecule has 2 heterocycles. The summed E-state index contributed by atoms with van der Waals surface area (Å²) in [6.45, 7) is 9.63. The van der Waals surface area contributed by atoms with Crippen molar-refractivity contribution in [3.63, 3.8) is 0 Å². The molecule has 0 bridgehead atoms. The molecule has 1 aliphatic carbocycles. The fraction of sp³-hybridized carbons (Fsp3) is 0.500. The van der Waals surface area contributed by atoms with Gasteiger partial charge in [-0.2, -0.15) is 0 Å². The van der Waals surface area contributed by atoms with E-state index in [1.165, 1.54) is 12.0 Å². The number of carbonyl (C=O) groups excluding carboxylic acids is 1. The van der Waals surface area contributed by atoms with Gasteiger partial charge in [-0.1, -0.05) is 17.7 Å². The van der Waals surface area contributed by atoms with Crippen LogP contribution in [-0.4, -0.2) is 28.3 Å². The number of Topliss-reactive ketones (excluding diaryl/α,β-unsaturated/α-hetero) is 1. The predicted octanol–water partition coefficient (Wildman–Crippen LogP) is 6.30. The summed E-state index contributed by atoms with van der Waals surface area (Å²) in [5.41, 5.74) is 5.47. The van der Waals surface area contributed by atoms with Crippen LogP contribution in [0.25, 0.3) is 11.1 Å². The summed E-state index contributed by atoms with van der Waals surface area (Å²) in [5.74, 6) is 1.21. The number of aryl methyl sites for hydroxylation is 1. The summed E-state index contributed by atoms with van der Waals surface area (Å²) in [6, 6.07) is 11.0. The zero-order valence-electron chi connectivity index (χ0n) is 18.3. The average molecular weight is 424 g/mol. The first-order valence-electron chi connectivity index (χ1n) is 11.1.